The van der Waals surface area contributed by atoms with Crippen molar-refractivity contribution in [2.75, 3.05) is 11.9 Å². The number of anilines is 1. The minimum Gasteiger partial charge on any atom is -0.352 e. The number of aryl methyl sites for hydroxylation is 1. The van der Waals surface area contributed by atoms with Gasteiger partial charge in [-0.15, -0.1) is 0 Å². The maximum Gasteiger partial charge on any atom is 0.226 e. The quantitative estimate of drug-likeness (QED) is 0.267. The van der Waals surface area contributed by atoms with E-state index in [0.29, 0.717) is 22.4 Å². The number of carbonyl (C=O) groups is 1. The van der Waals surface area contributed by atoms with Gasteiger partial charge in [0.25, 0.3) is 0 Å². The number of carbonyl (C=O) groups excluding carboxylic acids is 1. The molecular weight excluding hydrogens is 521 g/mol. The highest BCUT2D eigenvalue weighted by Crippen LogP contribution is 2.41. The van der Waals surface area contributed by atoms with Crippen molar-refractivity contribution < 1.29 is 9.18 Å². The number of benzene rings is 2. The molecule has 1 aliphatic rings. The Bertz CT molecular complexity index is 1470. The van der Waals surface area contributed by atoms with Gasteiger partial charge in [0, 0.05) is 36.2 Å². The van der Waals surface area contributed by atoms with Crippen LogP contribution in [0.3, 0.4) is 0 Å². The van der Waals surface area contributed by atoms with E-state index in [1.165, 1.54) is 12.1 Å². The Morgan fingerprint density at radius 3 is 2.55 bits per heavy atom. The van der Waals surface area contributed by atoms with E-state index in [1.54, 1.807) is 18.3 Å². The van der Waals surface area contributed by atoms with Crippen LogP contribution in [-0.2, 0) is 4.79 Å². The molecule has 9 heteroatoms. The third-order valence-corrected chi connectivity index (χ3v) is 7.46. The summed E-state index contributed by atoms with van der Waals surface area (Å²) in [6.07, 6.45) is 1.97. The number of amides is 1. The van der Waals surface area contributed by atoms with Crippen LogP contribution in [0.4, 0.5) is 10.1 Å². The van der Waals surface area contributed by atoms with Crippen LogP contribution >= 0.6 is 23.8 Å². The molecule has 2 aromatic heterocycles. The molecule has 0 radical (unpaired) electrons. The zero-order valence-corrected chi connectivity index (χ0v) is 22.6. The Morgan fingerprint density at radius 2 is 1.84 bits per heavy atom. The fourth-order valence-electron chi connectivity index (χ4n) is 5.05. The molecule has 2 aromatic carbocycles. The fourth-order valence-corrected chi connectivity index (χ4v) is 5.61. The highest BCUT2D eigenvalue weighted by atomic mass is 35.5. The van der Waals surface area contributed by atoms with E-state index < -0.39 is 0 Å². The van der Waals surface area contributed by atoms with Crippen molar-refractivity contribution in [1.82, 2.24) is 19.8 Å². The molecule has 1 saturated heterocycles. The third-order valence-electron chi connectivity index (χ3n) is 6.79. The maximum absolute atomic E-state index is 13.2. The molecule has 1 amide bonds. The Balaban J connectivity index is 1.47. The number of para-hydroxylation sites is 1. The van der Waals surface area contributed by atoms with E-state index in [4.69, 9.17) is 23.8 Å². The highest BCUT2D eigenvalue weighted by molar-refractivity contribution is 7.80. The number of pyridine rings is 1. The summed E-state index contributed by atoms with van der Waals surface area (Å²) in [4.78, 5) is 19.4. The molecule has 0 spiro atoms. The molecule has 4 aromatic rings. The molecule has 0 bridgehead atoms. The van der Waals surface area contributed by atoms with Gasteiger partial charge in [0.2, 0.25) is 5.91 Å². The van der Waals surface area contributed by atoms with E-state index in [-0.39, 0.29) is 30.2 Å². The zero-order chi connectivity index (χ0) is 26.8. The number of hydrogen-bond acceptors (Lipinski definition) is 3. The standard InChI is InChI=1S/C29H27ClFN5OS/c1-18-17-22(19(2)36(18)25-9-4-3-7-23(25)30)28-27(24-8-5-6-15-32-24)34-29(38)35(28)16-14-26(37)33-21-12-10-20(31)11-13-21/h3-13,15,17,27-28H,14,16H2,1-2H3,(H,33,37)(H,34,38)/t27-,28-/m0/s1. The summed E-state index contributed by atoms with van der Waals surface area (Å²) < 4.78 is 15.4. The maximum atomic E-state index is 13.2. The highest BCUT2D eigenvalue weighted by Gasteiger charge is 2.41. The van der Waals surface area contributed by atoms with Crippen LogP contribution in [-0.4, -0.2) is 32.0 Å². The van der Waals surface area contributed by atoms with Crippen molar-refractivity contribution in [2.24, 2.45) is 0 Å². The second-order valence-electron chi connectivity index (χ2n) is 9.24. The minimum atomic E-state index is -0.353. The predicted octanol–water partition coefficient (Wildman–Crippen LogP) is 6.28. The smallest absolute Gasteiger partial charge is 0.226 e. The van der Waals surface area contributed by atoms with Crippen molar-refractivity contribution in [2.45, 2.75) is 32.4 Å². The van der Waals surface area contributed by atoms with Gasteiger partial charge in [0.15, 0.2) is 5.11 Å². The van der Waals surface area contributed by atoms with Gasteiger partial charge in [-0.3, -0.25) is 9.78 Å². The van der Waals surface area contributed by atoms with Crippen LogP contribution in [0.2, 0.25) is 5.02 Å². The average molecular weight is 548 g/mol. The summed E-state index contributed by atoms with van der Waals surface area (Å²) in [5.74, 6) is -0.532. The lowest BCUT2D eigenvalue weighted by molar-refractivity contribution is -0.116. The van der Waals surface area contributed by atoms with Gasteiger partial charge < -0.3 is 20.1 Å². The van der Waals surface area contributed by atoms with E-state index in [0.717, 1.165) is 28.3 Å². The largest absolute Gasteiger partial charge is 0.352 e. The molecule has 5 rings (SSSR count). The summed E-state index contributed by atoms with van der Waals surface area (Å²) in [7, 11) is 0. The van der Waals surface area contributed by atoms with Crippen molar-refractivity contribution in [1.29, 1.82) is 0 Å². The van der Waals surface area contributed by atoms with Gasteiger partial charge in [-0.2, -0.15) is 0 Å². The summed E-state index contributed by atoms with van der Waals surface area (Å²) in [5, 5.41) is 7.49. The van der Waals surface area contributed by atoms with Crippen molar-refractivity contribution >= 4 is 40.5 Å². The second-order valence-corrected chi connectivity index (χ2v) is 10.0. The number of thiocarbonyl (C=S) groups is 1. The predicted molar refractivity (Wildman–Crippen MR) is 152 cm³/mol. The molecule has 6 nitrogen and oxygen atoms in total. The number of hydrogen-bond donors (Lipinski definition) is 2. The summed E-state index contributed by atoms with van der Waals surface area (Å²) in [5.41, 5.74) is 5.46. The molecule has 194 valence electrons. The van der Waals surface area contributed by atoms with Gasteiger partial charge >= 0.3 is 0 Å². The van der Waals surface area contributed by atoms with Gasteiger partial charge in [-0.25, -0.2) is 4.39 Å². The lowest BCUT2D eigenvalue weighted by Gasteiger charge is -2.28. The molecule has 3 heterocycles. The Labute approximate surface area is 231 Å². The number of nitrogens with one attached hydrogen (secondary N) is 2. The van der Waals surface area contributed by atoms with Crippen LogP contribution in [0.25, 0.3) is 5.69 Å². The second kappa shape index (κ2) is 10.9. The van der Waals surface area contributed by atoms with Crippen LogP contribution < -0.4 is 10.6 Å². The zero-order valence-electron chi connectivity index (χ0n) is 21.0. The Hall–Kier alpha value is -3.75. The van der Waals surface area contributed by atoms with Crippen molar-refractivity contribution in [3.05, 3.63) is 112 Å². The van der Waals surface area contributed by atoms with Crippen LogP contribution in [0.15, 0.2) is 79.0 Å². The number of aromatic nitrogens is 2. The van der Waals surface area contributed by atoms with Gasteiger partial charge in [-0.1, -0.05) is 29.8 Å². The van der Waals surface area contributed by atoms with Crippen molar-refractivity contribution in [3.8, 4) is 5.69 Å². The first kappa shape index (κ1) is 25.9. The average Bonchev–Trinajstić information content (AvgIpc) is 3.39. The molecule has 0 unspecified atom stereocenters. The van der Waals surface area contributed by atoms with E-state index in [9.17, 15) is 9.18 Å². The Kier molecular flexibility index (Phi) is 7.44. The SMILES string of the molecule is Cc1cc([C@H]2[C@H](c3ccccn3)NC(=S)N2CCC(=O)Nc2ccc(F)cc2)c(C)n1-c1ccccc1Cl. The lowest BCUT2D eigenvalue weighted by Crippen LogP contribution is -2.32. The van der Waals surface area contributed by atoms with Gasteiger partial charge in [-0.05, 0) is 86.2 Å². The van der Waals surface area contributed by atoms with E-state index >= 15 is 0 Å². The molecule has 1 aliphatic heterocycles. The first-order valence-corrected chi connectivity index (χ1v) is 13.1. The normalized spacial score (nSPS) is 16.9. The number of nitrogens with zero attached hydrogens (tertiary/aromatic N) is 3. The number of rotatable bonds is 7. The molecule has 2 atom stereocenters. The minimum absolute atomic E-state index is 0.180. The molecule has 0 saturated carbocycles. The van der Waals surface area contributed by atoms with Crippen LogP contribution in [0, 0.1) is 19.7 Å². The molecule has 2 N–H and O–H groups in total. The fraction of sp³-hybridized carbons (Fsp3) is 0.207. The molecule has 38 heavy (non-hydrogen) atoms. The summed E-state index contributed by atoms with van der Waals surface area (Å²) >= 11 is 12.3. The van der Waals surface area contributed by atoms with E-state index in [2.05, 4.69) is 45.0 Å². The lowest BCUT2D eigenvalue weighted by atomic mass is 9.96. The van der Waals surface area contributed by atoms with Crippen LogP contribution in [0.5, 0.6) is 0 Å². The topological polar surface area (TPSA) is 62.2 Å². The first-order valence-electron chi connectivity index (χ1n) is 12.3. The van der Waals surface area contributed by atoms with Crippen LogP contribution in [0.1, 0.15) is 41.1 Å². The Morgan fingerprint density at radius 1 is 1.11 bits per heavy atom. The van der Waals surface area contributed by atoms with Crippen molar-refractivity contribution in [3.63, 3.8) is 0 Å². The summed E-state index contributed by atoms with van der Waals surface area (Å²) in [6.45, 7) is 4.52. The van der Waals surface area contributed by atoms with Gasteiger partial charge in [0.05, 0.1) is 28.5 Å². The monoisotopic (exact) mass is 547 g/mol. The molecule has 1 fully saturated rings. The number of halogens is 2. The third kappa shape index (κ3) is 5.14. The van der Waals surface area contributed by atoms with E-state index in [1.807, 2.05) is 42.5 Å². The van der Waals surface area contributed by atoms with Gasteiger partial charge in [0.1, 0.15) is 5.82 Å². The molecule has 0 aliphatic carbocycles. The summed E-state index contributed by atoms with van der Waals surface area (Å²) in [6, 6.07) is 21.0. The first-order chi connectivity index (χ1) is 18.3. The molecular formula is C29H27ClFN5OS.